The third kappa shape index (κ3) is 4.94. The minimum absolute atomic E-state index is 0.237. The smallest absolute Gasteiger partial charge is 0.352 e. The predicted octanol–water partition coefficient (Wildman–Crippen LogP) is 3.79. The number of amides is 2. The van der Waals surface area contributed by atoms with E-state index in [-0.39, 0.29) is 12.4 Å². The molecule has 0 radical (unpaired) electrons. The molecular weight excluding hydrogens is 356 g/mol. The van der Waals surface area contributed by atoms with Crippen molar-refractivity contribution in [2.24, 2.45) is 11.7 Å². The van der Waals surface area contributed by atoms with Crippen LogP contribution in [0, 0.1) is 6.92 Å². The molecule has 2 aromatic rings. The first-order valence-electron chi connectivity index (χ1n) is 9.50. The van der Waals surface area contributed by atoms with Gasteiger partial charge in [0, 0.05) is 18.2 Å². The molecule has 7 nitrogen and oxygen atoms in total. The Kier molecular flexibility index (Phi) is 7.25. The molecule has 0 heterocycles. The number of carbonyl (C=O) groups excluding carboxylic acids is 1. The first-order valence-corrected chi connectivity index (χ1v) is 9.50. The van der Waals surface area contributed by atoms with Gasteiger partial charge in [-0.3, -0.25) is 5.01 Å². The Labute approximate surface area is 166 Å². The Hall–Kier alpha value is -2.77. The van der Waals surface area contributed by atoms with Crippen molar-refractivity contribution in [2.75, 3.05) is 12.1 Å². The third-order valence-corrected chi connectivity index (χ3v) is 4.54. The fourth-order valence-electron chi connectivity index (χ4n) is 2.90. The molecule has 28 heavy (non-hydrogen) atoms. The van der Waals surface area contributed by atoms with Crippen molar-refractivity contribution in [3.63, 3.8) is 0 Å². The topological polar surface area (TPSA) is 105 Å². The zero-order chi connectivity index (χ0) is 20.8. The number of hydrogen-bond donors (Lipinski definition) is 3. The van der Waals surface area contributed by atoms with E-state index in [1.807, 2.05) is 32.9 Å². The molecule has 0 spiro atoms. The summed E-state index contributed by atoms with van der Waals surface area (Å²) in [7, 11) is 1.44. The van der Waals surface area contributed by atoms with Gasteiger partial charge in [-0.15, -0.1) is 0 Å². The largest absolute Gasteiger partial charge is 0.508 e. The average Bonchev–Trinajstić information content (AvgIpc) is 3.53. The number of ether oxygens (including phenoxy) is 1. The molecule has 1 aliphatic carbocycles. The molecular formula is C21H30N4O3. The van der Waals surface area contributed by atoms with Crippen LogP contribution in [-0.2, 0) is 6.61 Å². The number of hydrogen-bond acceptors (Lipinski definition) is 5. The highest BCUT2D eigenvalue weighted by Crippen LogP contribution is 2.45. The summed E-state index contributed by atoms with van der Waals surface area (Å²) in [5.41, 5.74) is 3.32. The van der Waals surface area contributed by atoms with Crippen LogP contribution in [0.1, 0.15) is 49.3 Å². The summed E-state index contributed by atoms with van der Waals surface area (Å²) >= 11 is 0. The van der Waals surface area contributed by atoms with E-state index in [0.29, 0.717) is 11.6 Å². The molecule has 0 bridgehead atoms. The van der Waals surface area contributed by atoms with Gasteiger partial charge >= 0.3 is 6.03 Å². The number of phenols is 1. The molecule has 0 saturated heterocycles. The monoisotopic (exact) mass is 386 g/mol. The Bertz CT molecular complexity index is 819. The molecule has 0 aliphatic heterocycles. The first-order chi connectivity index (χ1) is 13.4. The van der Waals surface area contributed by atoms with E-state index in [4.69, 9.17) is 16.4 Å². The molecule has 1 fully saturated rings. The van der Waals surface area contributed by atoms with Gasteiger partial charge in [0.05, 0.1) is 5.69 Å². The summed E-state index contributed by atoms with van der Waals surface area (Å²) in [5.74, 6) is 12.9. The van der Waals surface area contributed by atoms with E-state index in [2.05, 4.69) is 0 Å². The van der Waals surface area contributed by atoms with E-state index < -0.39 is 6.03 Å². The van der Waals surface area contributed by atoms with Crippen LogP contribution in [-0.4, -0.2) is 23.2 Å². The van der Waals surface area contributed by atoms with E-state index in [1.165, 1.54) is 7.05 Å². The molecule has 1 aliphatic rings. The minimum Gasteiger partial charge on any atom is -0.508 e. The molecule has 152 valence electrons. The highest BCUT2D eigenvalue weighted by atomic mass is 16.5. The number of urea groups is 1. The molecule has 3 rings (SSSR count). The number of rotatable bonds is 5. The van der Waals surface area contributed by atoms with Gasteiger partial charge in [0.25, 0.3) is 0 Å². The zero-order valence-electron chi connectivity index (χ0n) is 17.0. The van der Waals surface area contributed by atoms with Crippen molar-refractivity contribution >= 4 is 11.7 Å². The molecule has 2 aromatic carbocycles. The lowest BCUT2D eigenvalue weighted by Gasteiger charge is -2.24. The first kappa shape index (κ1) is 21.5. The van der Waals surface area contributed by atoms with Gasteiger partial charge in [0.15, 0.2) is 0 Å². The quantitative estimate of drug-likeness (QED) is 0.412. The number of carbonyl (C=O) groups is 1. The van der Waals surface area contributed by atoms with Gasteiger partial charge in [0.2, 0.25) is 0 Å². The Morgan fingerprint density at radius 3 is 2.50 bits per heavy atom. The maximum atomic E-state index is 12.1. The highest BCUT2D eigenvalue weighted by Gasteiger charge is 2.27. The second-order valence-electron chi connectivity index (χ2n) is 6.62. The molecule has 7 heteroatoms. The predicted molar refractivity (Wildman–Crippen MR) is 111 cm³/mol. The summed E-state index contributed by atoms with van der Waals surface area (Å²) in [6.45, 7) is 6.19. The third-order valence-electron chi connectivity index (χ3n) is 4.54. The number of phenolic OH excluding ortho intramolecular Hbond substituents is 1. The van der Waals surface area contributed by atoms with Crippen molar-refractivity contribution < 1.29 is 14.6 Å². The van der Waals surface area contributed by atoms with Gasteiger partial charge in [0.1, 0.15) is 18.1 Å². The van der Waals surface area contributed by atoms with Gasteiger partial charge in [-0.1, -0.05) is 26.0 Å². The summed E-state index contributed by atoms with van der Waals surface area (Å²) in [6, 6.07) is 10.1. The Balaban J connectivity index is 0.00000136. The number of aryl methyl sites for hydroxylation is 1. The van der Waals surface area contributed by atoms with Gasteiger partial charge in [-0.05, 0) is 55.5 Å². The zero-order valence-corrected chi connectivity index (χ0v) is 17.0. The number of anilines is 1. The number of aromatic hydroxyl groups is 1. The summed E-state index contributed by atoms with van der Waals surface area (Å²) < 4.78 is 6.04. The second kappa shape index (κ2) is 9.43. The standard InChI is InChI=1S/C19H24N4O3.C2H6/c1-12-4-3-5-17(23(21)19(25)22(2)20)16(12)11-26-18-9-8-14(24)10-15(18)13-6-7-13;1-2/h3-5,8-10,13,24H,6-7,11,20-21H2,1-2H3;1-2H3. The fraction of sp³-hybridized carbons (Fsp3) is 0.381. The van der Waals surface area contributed by atoms with Crippen molar-refractivity contribution in [1.29, 1.82) is 0 Å². The number of benzene rings is 2. The van der Waals surface area contributed by atoms with E-state index >= 15 is 0 Å². The normalized spacial score (nSPS) is 12.6. The van der Waals surface area contributed by atoms with Crippen molar-refractivity contribution in [2.45, 2.75) is 46.1 Å². The van der Waals surface area contributed by atoms with Crippen LogP contribution in [0.5, 0.6) is 11.5 Å². The van der Waals surface area contributed by atoms with E-state index in [9.17, 15) is 9.90 Å². The van der Waals surface area contributed by atoms with E-state index in [1.54, 1.807) is 24.3 Å². The van der Waals surface area contributed by atoms with Crippen molar-refractivity contribution in [3.8, 4) is 11.5 Å². The van der Waals surface area contributed by atoms with Crippen LogP contribution >= 0.6 is 0 Å². The SMILES string of the molecule is CC.Cc1cccc(N(N)C(=O)N(C)N)c1COc1ccc(O)cc1C1CC1. The fourth-order valence-corrected chi connectivity index (χ4v) is 2.90. The van der Waals surface area contributed by atoms with Crippen LogP contribution in [0.3, 0.4) is 0 Å². The molecule has 1 saturated carbocycles. The summed E-state index contributed by atoms with van der Waals surface area (Å²) in [4.78, 5) is 12.1. The van der Waals surface area contributed by atoms with Crippen LogP contribution in [0.2, 0.25) is 0 Å². The van der Waals surface area contributed by atoms with Crippen LogP contribution < -0.4 is 21.4 Å². The Morgan fingerprint density at radius 2 is 1.89 bits per heavy atom. The van der Waals surface area contributed by atoms with Gasteiger partial charge in [-0.25, -0.2) is 21.5 Å². The van der Waals surface area contributed by atoms with E-state index in [0.717, 1.165) is 45.3 Å². The number of nitrogens with zero attached hydrogens (tertiary/aromatic N) is 2. The lowest BCUT2D eigenvalue weighted by Crippen LogP contribution is -2.49. The summed E-state index contributed by atoms with van der Waals surface area (Å²) in [6.07, 6.45) is 2.20. The van der Waals surface area contributed by atoms with Crippen LogP contribution in [0.25, 0.3) is 0 Å². The number of hydrazine groups is 2. The molecule has 0 atom stereocenters. The minimum atomic E-state index is -0.528. The molecule has 5 N–H and O–H groups in total. The summed E-state index contributed by atoms with van der Waals surface area (Å²) in [5, 5.41) is 11.7. The van der Waals surface area contributed by atoms with Gasteiger partial charge < -0.3 is 9.84 Å². The molecule has 0 unspecified atom stereocenters. The number of nitrogens with two attached hydrogens (primary N) is 2. The second-order valence-corrected chi connectivity index (χ2v) is 6.62. The highest BCUT2D eigenvalue weighted by molar-refractivity contribution is 5.91. The maximum absolute atomic E-state index is 12.1. The van der Waals surface area contributed by atoms with Gasteiger partial charge in [-0.2, -0.15) is 0 Å². The molecule has 2 amide bonds. The van der Waals surface area contributed by atoms with Crippen molar-refractivity contribution in [3.05, 3.63) is 53.1 Å². The lowest BCUT2D eigenvalue weighted by molar-refractivity contribution is 0.216. The lowest BCUT2D eigenvalue weighted by atomic mass is 10.1. The van der Waals surface area contributed by atoms with Crippen LogP contribution in [0.4, 0.5) is 10.5 Å². The van der Waals surface area contributed by atoms with Crippen LogP contribution in [0.15, 0.2) is 36.4 Å². The maximum Gasteiger partial charge on any atom is 0.352 e. The molecule has 0 aromatic heterocycles. The Morgan fingerprint density at radius 1 is 1.21 bits per heavy atom. The van der Waals surface area contributed by atoms with Crippen molar-refractivity contribution in [1.82, 2.24) is 5.01 Å². The average molecular weight is 386 g/mol.